The minimum atomic E-state index is -2.21. The van der Waals surface area contributed by atoms with E-state index >= 15 is 8.78 Å². The first-order valence-electron chi connectivity index (χ1n) is 12.2. The van der Waals surface area contributed by atoms with Crippen molar-refractivity contribution in [1.82, 2.24) is 0 Å². The van der Waals surface area contributed by atoms with Crippen LogP contribution in [0.5, 0.6) is 5.75 Å². The molecule has 9 heteroatoms. The van der Waals surface area contributed by atoms with E-state index in [-0.39, 0.29) is 5.78 Å². The fourth-order valence-corrected chi connectivity index (χ4v) is 7.15. The summed E-state index contributed by atoms with van der Waals surface area (Å²) in [6.07, 6.45) is 0. The highest BCUT2D eigenvalue weighted by molar-refractivity contribution is 7.99. The topological polar surface area (TPSA) is 26.3 Å². The molecule has 0 bridgehead atoms. The third-order valence-electron chi connectivity index (χ3n) is 6.12. The molecule has 0 aliphatic heterocycles. The second-order valence-electron chi connectivity index (χ2n) is 8.65. The fourth-order valence-electron chi connectivity index (χ4n) is 4.11. The lowest BCUT2D eigenvalue weighted by Gasteiger charge is -2.12. The van der Waals surface area contributed by atoms with E-state index in [1.807, 2.05) is 18.2 Å². The lowest BCUT2D eigenvalue weighted by molar-refractivity contribution is 0.103. The van der Waals surface area contributed by atoms with E-state index in [4.69, 9.17) is 4.74 Å². The number of benzene rings is 5. The first-order chi connectivity index (χ1) is 19.8. The van der Waals surface area contributed by atoms with Gasteiger partial charge in [-0.3, -0.25) is 4.79 Å². The highest BCUT2D eigenvalue weighted by Gasteiger charge is 2.41. The van der Waals surface area contributed by atoms with Gasteiger partial charge in [-0.15, -0.1) is 0 Å². The number of methoxy groups -OCH3 is 1. The Kier molecular flexibility index (Phi) is 8.46. The molecular weight excluding hydrogens is 575 g/mol. The SMILES string of the molecule is COc1ccc([S+](c2ccc(Sc3ccccc3C(=O)c3ccccc3)cc2)c2c(F)c(F)c(F)c(F)c2F)cc1. The summed E-state index contributed by atoms with van der Waals surface area (Å²) in [5, 5.41) is 0. The molecule has 1 atom stereocenters. The average Bonchev–Trinajstić information content (AvgIpc) is 3.02. The molecule has 2 nitrogen and oxygen atoms in total. The van der Waals surface area contributed by atoms with Crippen LogP contribution in [-0.4, -0.2) is 12.9 Å². The van der Waals surface area contributed by atoms with Crippen molar-refractivity contribution in [2.24, 2.45) is 0 Å². The highest BCUT2D eigenvalue weighted by Crippen LogP contribution is 2.39. The third-order valence-corrected chi connectivity index (χ3v) is 9.46. The summed E-state index contributed by atoms with van der Waals surface area (Å²) in [6, 6.07) is 28.6. The number of rotatable bonds is 8. The van der Waals surface area contributed by atoms with E-state index in [2.05, 4.69) is 0 Å². The maximum atomic E-state index is 15.0. The van der Waals surface area contributed by atoms with Crippen molar-refractivity contribution < 1.29 is 31.5 Å². The first kappa shape index (κ1) is 28.4. The van der Waals surface area contributed by atoms with E-state index in [1.54, 1.807) is 72.8 Å². The van der Waals surface area contributed by atoms with Crippen LogP contribution in [0.3, 0.4) is 0 Å². The van der Waals surface area contributed by atoms with Gasteiger partial charge >= 0.3 is 0 Å². The van der Waals surface area contributed by atoms with Crippen LogP contribution in [0.15, 0.2) is 128 Å². The van der Waals surface area contributed by atoms with Crippen LogP contribution in [0, 0.1) is 29.1 Å². The molecule has 5 rings (SSSR count). The molecule has 5 aromatic carbocycles. The van der Waals surface area contributed by atoms with E-state index in [0.717, 1.165) is 0 Å². The molecule has 0 saturated heterocycles. The lowest BCUT2D eigenvalue weighted by atomic mass is 10.0. The summed E-state index contributed by atoms with van der Waals surface area (Å²) in [4.78, 5) is 14.3. The minimum Gasteiger partial charge on any atom is -0.497 e. The van der Waals surface area contributed by atoms with Gasteiger partial charge in [0.05, 0.1) is 7.11 Å². The Morgan fingerprint density at radius 3 is 1.73 bits per heavy atom. The zero-order valence-corrected chi connectivity index (χ0v) is 23.0. The van der Waals surface area contributed by atoms with Crippen molar-refractivity contribution in [2.45, 2.75) is 24.5 Å². The monoisotopic (exact) mass is 595 g/mol. The Balaban J connectivity index is 1.54. The summed E-state index contributed by atoms with van der Waals surface area (Å²) < 4.78 is 77.5. The van der Waals surface area contributed by atoms with Gasteiger partial charge in [-0.25, -0.2) is 13.2 Å². The van der Waals surface area contributed by atoms with Crippen molar-refractivity contribution in [3.05, 3.63) is 143 Å². The molecule has 206 valence electrons. The van der Waals surface area contributed by atoms with Gasteiger partial charge in [0.2, 0.25) is 34.0 Å². The Hall–Kier alpha value is -4.08. The fraction of sp³-hybridized carbons (Fsp3) is 0.0312. The number of ketones is 1. The van der Waals surface area contributed by atoms with Crippen molar-refractivity contribution in [3.63, 3.8) is 0 Å². The Morgan fingerprint density at radius 1 is 0.634 bits per heavy atom. The predicted molar refractivity (Wildman–Crippen MR) is 148 cm³/mol. The molecule has 0 aliphatic rings. The Bertz CT molecular complexity index is 1680. The van der Waals surface area contributed by atoms with Gasteiger partial charge in [0.25, 0.3) is 0 Å². The molecule has 41 heavy (non-hydrogen) atoms. The van der Waals surface area contributed by atoms with E-state index < -0.39 is 44.9 Å². The highest BCUT2D eigenvalue weighted by atomic mass is 32.2. The maximum absolute atomic E-state index is 15.0. The Morgan fingerprint density at radius 2 is 1.15 bits per heavy atom. The molecule has 0 fully saturated rings. The van der Waals surface area contributed by atoms with Crippen LogP contribution in [0.1, 0.15) is 15.9 Å². The van der Waals surface area contributed by atoms with Gasteiger partial charge in [0, 0.05) is 20.9 Å². The second-order valence-corrected chi connectivity index (χ2v) is 11.7. The second kappa shape index (κ2) is 12.2. The van der Waals surface area contributed by atoms with Crippen molar-refractivity contribution >= 4 is 28.4 Å². The molecule has 0 heterocycles. The largest absolute Gasteiger partial charge is 0.497 e. The normalized spacial score (nSPS) is 11.8. The average molecular weight is 596 g/mol. The third kappa shape index (κ3) is 5.73. The van der Waals surface area contributed by atoms with E-state index in [9.17, 15) is 18.0 Å². The number of carbonyl (C=O) groups is 1. The summed E-state index contributed by atoms with van der Waals surface area (Å²) in [6.45, 7) is 0. The molecule has 5 aromatic rings. The molecule has 0 N–H and O–H groups in total. The molecule has 0 aromatic heterocycles. The van der Waals surface area contributed by atoms with Crippen LogP contribution in [-0.2, 0) is 10.9 Å². The summed E-state index contributed by atoms with van der Waals surface area (Å²) in [5.41, 5.74) is 1.05. The van der Waals surface area contributed by atoms with Crippen LogP contribution in [0.4, 0.5) is 22.0 Å². The smallest absolute Gasteiger partial charge is 0.243 e. The standard InChI is InChI=1S/C32H20F5O2S2/c1-39-20-11-15-22(16-12-20)41(32-29(36)27(34)26(33)28(35)30(32)37)23-17-13-21(14-18-23)40-25-10-6-5-9-24(25)31(38)19-7-3-2-4-8-19/h2-18H,1H3/q+1. The number of hydrogen-bond acceptors (Lipinski definition) is 3. The van der Waals surface area contributed by atoms with E-state index in [1.165, 1.54) is 31.0 Å². The van der Waals surface area contributed by atoms with Gasteiger partial charge < -0.3 is 4.74 Å². The van der Waals surface area contributed by atoms with E-state index in [0.29, 0.717) is 36.5 Å². The summed E-state index contributed by atoms with van der Waals surface area (Å²) >= 11 is 1.32. The molecule has 0 radical (unpaired) electrons. The van der Waals surface area contributed by atoms with Crippen LogP contribution in [0.2, 0.25) is 0 Å². The predicted octanol–water partition coefficient (Wildman–Crippen LogP) is 8.87. The minimum absolute atomic E-state index is 0.141. The molecule has 0 amide bonds. The number of carbonyl (C=O) groups excluding carboxylic acids is 1. The molecule has 0 saturated carbocycles. The lowest BCUT2D eigenvalue weighted by Crippen LogP contribution is -2.14. The van der Waals surface area contributed by atoms with Crippen LogP contribution in [0.25, 0.3) is 0 Å². The Labute approximate surface area is 240 Å². The van der Waals surface area contributed by atoms with Crippen LogP contribution >= 0.6 is 11.8 Å². The van der Waals surface area contributed by atoms with Crippen LogP contribution < -0.4 is 4.74 Å². The van der Waals surface area contributed by atoms with Crippen molar-refractivity contribution in [1.29, 1.82) is 0 Å². The van der Waals surface area contributed by atoms with Crippen molar-refractivity contribution in [2.75, 3.05) is 7.11 Å². The van der Waals surface area contributed by atoms with Gasteiger partial charge in [-0.05, 0) is 60.7 Å². The van der Waals surface area contributed by atoms with Gasteiger partial charge in [0.1, 0.15) is 16.6 Å². The van der Waals surface area contributed by atoms with Gasteiger partial charge in [0.15, 0.2) is 15.6 Å². The molecule has 1 unspecified atom stereocenters. The number of ether oxygens (including phenoxy) is 1. The number of halogens is 5. The molecule has 0 aliphatic carbocycles. The zero-order valence-electron chi connectivity index (χ0n) is 21.3. The first-order valence-corrected chi connectivity index (χ1v) is 14.2. The summed E-state index contributed by atoms with van der Waals surface area (Å²) in [7, 11) is -0.239. The summed E-state index contributed by atoms with van der Waals surface area (Å²) in [5.74, 6) is -9.66. The maximum Gasteiger partial charge on any atom is 0.243 e. The van der Waals surface area contributed by atoms with Gasteiger partial charge in [-0.2, -0.15) is 8.78 Å². The number of hydrogen-bond donors (Lipinski definition) is 0. The molecule has 0 spiro atoms. The quantitative estimate of drug-likeness (QED) is 0.0589. The van der Waals surface area contributed by atoms with Gasteiger partial charge in [-0.1, -0.05) is 54.2 Å². The molecular formula is C32H20F5O2S2+. The van der Waals surface area contributed by atoms with Crippen molar-refractivity contribution in [3.8, 4) is 5.75 Å². The zero-order chi connectivity index (χ0) is 29.1.